The van der Waals surface area contributed by atoms with Crippen LogP contribution in [0.4, 0.5) is 0 Å². The minimum atomic E-state index is -0.137. The number of hydrogen-bond acceptors (Lipinski definition) is 5. The van der Waals surface area contributed by atoms with Crippen LogP contribution in [-0.4, -0.2) is 34.6 Å². The monoisotopic (exact) mass is 208 g/mol. The number of aromatic nitrogens is 6. The van der Waals surface area contributed by atoms with Crippen molar-refractivity contribution in [2.75, 3.05) is 0 Å². The number of hydrogen-bond donors (Lipinski definition) is 1. The lowest BCUT2D eigenvalue weighted by Crippen LogP contribution is -2.14. The molecule has 0 aliphatic carbocycles. The lowest BCUT2D eigenvalue weighted by Gasteiger charge is -2.13. The molecular weight excluding hydrogens is 196 g/mol. The summed E-state index contributed by atoms with van der Waals surface area (Å²) in [6.07, 6.45) is 3.21. The second-order valence-corrected chi connectivity index (χ2v) is 3.29. The molecule has 0 spiro atoms. The molecule has 0 aliphatic heterocycles. The summed E-state index contributed by atoms with van der Waals surface area (Å²) in [6, 6.07) is -0.0466. The number of rotatable bonds is 3. The second kappa shape index (κ2) is 3.77. The van der Waals surface area contributed by atoms with E-state index in [0.717, 1.165) is 5.82 Å². The van der Waals surface area contributed by atoms with Gasteiger partial charge in [0.05, 0.1) is 6.04 Å². The van der Waals surface area contributed by atoms with Crippen LogP contribution in [0.5, 0.6) is 0 Å². The Kier molecular flexibility index (Phi) is 2.46. The van der Waals surface area contributed by atoms with E-state index in [1.165, 1.54) is 0 Å². The SMILES string of the molecule is CC(c1nncn1C)n1cnnc1CO. The maximum Gasteiger partial charge on any atom is 0.159 e. The Morgan fingerprint density at radius 3 is 2.67 bits per heavy atom. The molecule has 1 N–H and O–H groups in total. The molecule has 2 heterocycles. The topological polar surface area (TPSA) is 81.7 Å². The van der Waals surface area contributed by atoms with Crippen LogP contribution in [0.1, 0.15) is 24.6 Å². The Hall–Kier alpha value is -1.76. The first kappa shape index (κ1) is 9.78. The Balaban J connectivity index is 2.36. The van der Waals surface area contributed by atoms with E-state index >= 15 is 0 Å². The summed E-state index contributed by atoms with van der Waals surface area (Å²) in [6.45, 7) is 1.81. The van der Waals surface area contributed by atoms with Gasteiger partial charge in [0, 0.05) is 7.05 Å². The van der Waals surface area contributed by atoms with Crippen molar-refractivity contribution in [3.63, 3.8) is 0 Å². The van der Waals surface area contributed by atoms with Gasteiger partial charge in [-0.15, -0.1) is 20.4 Å². The van der Waals surface area contributed by atoms with Gasteiger partial charge in [0.2, 0.25) is 0 Å². The van der Waals surface area contributed by atoms with Crippen molar-refractivity contribution in [3.8, 4) is 0 Å². The van der Waals surface area contributed by atoms with E-state index < -0.39 is 0 Å². The zero-order chi connectivity index (χ0) is 10.8. The van der Waals surface area contributed by atoms with Gasteiger partial charge in [-0.2, -0.15) is 0 Å². The zero-order valence-corrected chi connectivity index (χ0v) is 8.57. The van der Waals surface area contributed by atoms with E-state index in [-0.39, 0.29) is 12.6 Å². The zero-order valence-electron chi connectivity index (χ0n) is 8.57. The van der Waals surface area contributed by atoms with Crippen LogP contribution in [0, 0.1) is 0 Å². The quantitative estimate of drug-likeness (QED) is 0.736. The Labute approximate surface area is 86.4 Å². The average Bonchev–Trinajstić information content (AvgIpc) is 2.84. The molecule has 0 aromatic carbocycles. The Morgan fingerprint density at radius 1 is 1.33 bits per heavy atom. The summed E-state index contributed by atoms with van der Waals surface area (Å²) in [5.74, 6) is 1.31. The van der Waals surface area contributed by atoms with E-state index in [0.29, 0.717) is 5.82 Å². The molecule has 0 aliphatic rings. The summed E-state index contributed by atoms with van der Waals surface area (Å²) >= 11 is 0. The van der Waals surface area contributed by atoms with Crippen molar-refractivity contribution in [2.24, 2.45) is 7.05 Å². The Bertz CT molecular complexity index is 447. The van der Waals surface area contributed by atoms with E-state index in [4.69, 9.17) is 5.11 Å². The van der Waals surface area contributed by atoms with Crippen molar-refractivity contribution in [1.82, 2.24) is 29.5 Å². The third-order valence-corrected chi connectivity index (χ3v) is 2.33. The highest BCUT2D eigenvalue weighted by Gasteiger charge is 2.16. The van der Waals surface area contributed by atoms with Crippen LogP contribution >= 0.6 is 0 Å². The molecule has 7 heteroatoms. The molecule has 2 aromatic heterocycles. The first-order valence-corrected chi connectivity index (χ1v) is 4.57. The highest BCUT2D eigenvalue weighted by molar-refractivity contribution is 4.99. The first-order chi connectivity index (χ1) is 7.24. The van der Waals surface area contributed by atoms with Crippen LogP contribution < -0.4 is 0 Å². The standard InChI is InChI=1S/C8H12N6O/c1-6(8-12-9-4-13(8)2)14-5-10-11-7(14)3-15/h4-6,15H,3H2,1-2H3. The smallest absolute Gasteiger partial charge is 0.159 e. The Morgan fingerprint density at radius 2 is 2.07 bits per heavy atom. The molecule has 2 aromatic rings. The van der Waals surface area contributed by atoms with E-state index in [2.05, 4.69) is 20.4 Å². The summed E-state index contributed by atoms with van der Waals surface area (Å²) in [7, 11) is 1.87. The fourth-order valence-corrected chi connectivity index (χ4v) is 1.50. The molecule has 0 amide bonds. The van der Waals surface area contributed by atoms with Gasteiger partial charge >= 0.3 is 0 Å². The van der Waals surface area contributed by atoms with Crippen molar-refractivity contribution < 1.29 is 5.11 Å². The van der Waals surface area contributed by atoms with Crippen LogP contribution in [-0.2, 0) is 13.7 Å². The van der Waals surface area contributed by atoms with Crippen molar-refractivity contribution in [2.45, 2.75) is 19.6 Å². The third kappa shape index (κ3) is 1.61. The molecule has 0 saturated carbocycles. The fraction of sp³-hybridized carbons (Fsp3) is 0.500. The molecule has 1 atom stereocenters. The van der Waals surface area contributed by atoms with Crippen molar-refractivity contribution in [1.29, 1.82) is 0 Å². The maximum absolute atomic E-state index is 9.06. The largest absolute Gasteiger partial charge is 0.388 e. The van der Waals surface area contributed by atoms with Gasteiger partial charge in [0.1, 0.15) is 19.3 Å². The van der Waals surface area contributed by atoms with Gasteiger partial charge in [-0.05, 0) is 6.92 Å². The fourth-order valence-electron chi connectivity index (χ4n) is 1.50. The van der Waals surface area contributed by atoms with Crippen molar-refractivity contribution in [3.05, 3.63) is 24.3 Å². The molecule has 0 bridgehead atoms. The van der Waals surface area contributed by atoms with Gasteiger partial charge in [0.25, 0.3) is 0 Å². The highest BCUT2D eigenvalue weighted by Crippen LogP contribution is 2.15. The van der Waals surface area contributed by atoms with Gasteiger partial charge in [-0.3, -0.25) is 0 Å². The first-order valence-electron chi connectivity index (χ1n) is 4.57. The average molecular weight is 208 g/mol. The molecule has 0 saturated heterocycles. The second-order valence-electron chi connectivity index (χ2n) is 3.29. The highest BCUT2D eigenvalue weighted by atomic mass is 16.3. The predicted molar refractivity (Wildman–Crippen MR) is 50.8 cm³/mol. The predicted octanol–water partition coefficient (Wildman–Crippen LogP) is -0.492. The summed E-state index contributed by atoms with van der Waals surface area (Å²) in [5, 5.41) is 24.4. The van der Waals surface area contributed by atoms with Crippen LogP contribution in [0.3, 0.4) is 0 Å². The van der Waals surface area contributed by atoms with Crippen LogP contribution in [0.2, 0.25) is 0 Å². The van der Waals surface area contributed by atoms with E-state index in [9.17, 15) is 0 Å². The lowest BCUT2D eigenvalue weighted by atomic mass is 10.3. The third-order valence-electron chi connectivity index (χ3n) is 2.33. The molecule has 2 rings (SSSR count). The van der Waals surface area contributed by atoms with Crippen LogP contribution in [0.25, 0.3) is 0 Å². The molecular formula is C8H12N6O. The maximum atomic E-state index is 9.06. The van der Waals surface area contributed by atoms with Gasteiger partial charge in [0.15, 0.2) is 11.6 Å². The normalized spacial score (nSPS) is 13.0. The van der Waals surface area contributed by atoms with Gasteiger partial charge < -0.3 is 14.2 Å². The minimum Gasteiger partial charge on any atom is -0.388 e. The molecule has 15 heavy (non-hydrogen) atoms. The summed E-state index contributed by atoms with van der Waals surface area (Å²) < 4.78 is 3.59. The summed E-state index contributed by atoms with van der Waals surface area (Å²) in [5.41, 5.74) is 0. The number of nitrogens with zero attached hydrogens (tertiary/aromatic N) is 6. The summed E-state index contributed by atoms with van der Waals surface area (Å²) in [4.78, 5) is 0. The molecule has 7 nitrogen and oxygen atoms in total. The van der Waals surface area contributed by atoms with Gasteiger partial charge in [-0.25, -0.2) is 0 Å². The number of aliphatic hydroxyl groups excluding tert-OH is 1. The van der Waals surface area contributed by atoms with Gasteiger partial charge in [-0.1, -0.05) is 0 Å². The molecule has 0 fully saturated rings. The van der Waals surface area contributed by atoms with E-state index in [1.54, 1.807) is 17.2 Å². The number of aryl methyl sites for hydroxylation is 1. The molecule has 0 radical (unpaired) electrons. The van der Waals surface area contributed by atoms with Crippen molar-refractivity contribution >= 4 is 0 Å². The molecule has 1 unspecified atom stereocenters. The minimum absolute atomic E-state index is 0.0466. The van der Waals surface area contributed by atoms with Crippen LogP contribution in [0.15, 0.2) is 12.7 Å². The lowest BCUT2D eigenvalue weighted by molar-refractivity contribution is 0.262. The molecule has 80 valence electrons. The number of aliphatic hydroxyl groups is 1. The van der Waals surface area contributed by atoms with E-state index in [1.807, 2.05) is 18.5 Å².